The molecular formula is C26H25ClIN3O4. The molecular weight excluding hydrogens is 581 g/mol. The van der Waals surface area contributed by atoms with E-state index < -0.39 is 0 Å². The molecule has 3 rings (SSSR count). The molecule has 0 aliphatic carbocycles. The van der Waals surface area contributed by atoms with Crippen LogP contribution in [0.3, 0.4) is 0 Å². The van der Waals surface area contributed by atoms with Crippen LogP contribution in [0.2, 0.25) is 5.02 Å². The van der Waals surface area contributed by atoms with Crippen LogP contribution in [-0.2, 0) is 16.2 Å². The second-order valence-electron chi connectivity index (χ2n) is 7.61. The van der Waals surface area contributed by atoms with E-state index in [-0.39, 0.29) is 24.7 Å². The summed E-state index contributed by atoms with van der Waals surface area (Å²) in [5.74, 6) is 0.546. The molecule has 0 saturated carbocycles. The summed E-state index contributed by atoms with van der Waals surface area (Å²) in [4.78, 5) is 24.2. The molecule has 3 aromatic rings. The molecule has 0 aromatic heterocycles. The van der Waals surface area contributed by atoms with E-state index >= 15 is 0 Å². The van der Waals surface area contributed by atoms with Crippen molar-refractivity contribution in [3.63, 3.8) is 0 Å². The van der Waals surface area contributed by atoms with Crippen molar-refractivity contribution in [3.05, 3.63) is 85.9 Å². The Morgan fingerprint density at radius 3 is 2.51 bits per heavy atom. The Labute approximate surface area is 223 Å². The lowest BCUT2D eigenvalue weighted by Crippen LogP contribution is -2.20. The molecule has 0 aliphatic rings. The average molecular weight is 606 g/mol. The second-order valence-corrected chi connectivity index (χ2v) is 9.18. The summed E-state index contributed by atoms with van der Waals surface area (Å²) in [6, 6.07) is 18.8. The Hall–Kier alpha value is -3.11. The van der Waals surface area contributed by atoms with Crippen LogP contribution in [0.25, 0.3) is 0 Å². The maximum absolute atomic E-state index is 12.1. The van der Waals surface area contributed by atoms with Crippen LogP contribution in [0, 0.1) is 10.5 Å². The number of ether oxygens (including phenoxy) is 2. The summed E-state index contributed by atoms with van der Waals surface area (Å²) in [5, 5.41) is 7.28. The molecule has 0 saturated heterocycles. The van der Waals surface area contributed by atoms with Crippen molar-refractivity contribution in [2.45, 2.75) is 26.4 Å². The highest BCUT2D eigenvalue weighted by Gasteiger charge is 2.12. The van der Waals surface area contributed by atoms with Gasteiger partial charge in [0.25, 0.3) is 0 Å². The number of hydrogen-bond acceptors (Lipinski definition) is 5. The number of aryl methyl sites for hydroxylation is 1. The highest BCUT2D eigenvalue weighted by atomic mass is 127. The molecule has 0 unspecified atom stereocenters. The third-order valence-electron chi connectivity index (χ3n) is 4.92. The number of halogens is 2. The number of methoxy groups -OCH3 is 1. The first-order valence-electron chi connectivity index (χ1n) is 10.8. The number of hydrazone groups is 1. The van der Waals surface area contributed by atoms with Crippen molar-refractivity contribution in [3.8, 4) is 11.5 Å². The lowest BCUT2D eigenvalue weighted by atomic mass is 10.2. The van der Waals surface area contributed by atoms with E-state index in [1.807, 2.05) is 49.4 Å². The SMILES string of the molecule is COc1cc(C=NNC(=O)CCC(=O)Nc2ccc(C)c(Cl)c2)cc(I)c1OCc1ccccc1. The van der Waals surface area contributed by atoms with E-state index in [2.05, 4.69) is 38.4 Å². The van der Waals surface area contributed by atoms with Gasteiger partial charge in [-0.25, -0.2) is 5.43 Å². The van der Waals surface area contributed by atoms with Gasteiger partial charge in [-0.2, -0.15) is 5.10 Å². The Kier molecular flexibility index (Phi) is 9.92. The van der Waals surface area contributed by atoms with E-state index in [0.717, 1.165) is 20.3 Å². The van der Waals surface area contributed by atoms with E-state index in [1.165, 1.54) is 6.21 Å². The van der Waals surface area contributed by atoms with Gasteiger partial charge >= 0.3 is 0 Å². The number of hydrogen-bond donors (Lipinski definition) is 2. The van der Waals surface area contributed by atoms with Gasteiger partial charge in [0.2, 0.25) is 11.8 Å². The Morgan fingerprint density at radius 1 is 1.06 bits per heavy atom. The normalized spacial score (nSPS) is 10.7. The van der Waals surface area contributed by atoms with Gasteiger partial charge < -0.3 is 14.8 Å². The van der Waals surface area contributed by atoms with Crippen LogP contribution in [0.15, 0.2) is 65.8 Å². The number of nitrogens with one attached hydrogen (secondary N) is 2. The average Bonchev–Trinajstić information content (AvgIpc) is 2.84. The zero-order valence-electron chi connectivity index (χ0n) is 19.3. The Morgan fingerprint density at radius 2 is 1.80 bits per heavy atom. The van der Waals surface area contributed by atoms with Gasteiger partial charge in [0.15, 0.2) is 11.5 Å². The first-order chi connectivity index (χ1) is 16.9. The van der Waals surface area contributed by atoms with Crippen molar-refractivity contribution in [2.75, 3.05) is 12.4 Å². The number of carbonyl (C=O) groups excluding carboxylic acids is 2. The molecule has 0 atom stereocenters. The molecule has 0 bridgehead atoms. The molecule has 0 radical (unpaired) electrons. The Bertz CT molecular complexity index is 1220. The summed E-state index contributed by atoms with van der Waals surface area (Å²) in [5.41, 5.74) is 5.73. The standard InChI is InChI=1S/C26H25ClIN3O4/c1-17-8-9-20(14-21(17)27)30-24(32)10-11-25(33)31-29-15-19-12-22(28)26(23(13-19)34-2)35-16-18-6-4-3-5-7-18/h3-9,12-15H,10-11,16H2,1-2H3,(H,30,32)(H,31,33). The van der Waals surface area contributed by atoms with Crippen LogP contribution in [0.4, 0.5) is 5.69 Å². The highest BCUT2D eigenvalue weighted by molar-refractivity contribution is 14.1. The van der Waals surface area contributed by atoms with Crippen LogP contribution >= 0.6 is 34.2 Å². The zero-order chi connectivity index (χ0) is 25.2. The van der Waals surface area contributed by atoms with Gasteiger partial charge in [0.1, 0.15) is 6.61 Å². The first-order valence-corrected chi connectivity index (χ1v) is 12.2. The number of benzene rings is 3. The molecule has 9 heteroatoms. The second kappa shape index (κ2) is 13.1. The molecule has 182 valence electrons. The van der Waals surface area contributed by atoms with Crippen molar-refractivity contribution in [1.82, 2.24) is 5.43 Å². The summed E-state index contributed by atoms with van der Waals surface area (Å²) >= 11 is 8.23. The van der Waals surface area contributed by atoms with Crippen molar-refractivity contribution in [1.29, 1.82) is 0 Å². The van der Waals surface area contributed by atoms with Crippen molar-refractivity contribution < 1.29 is 19.1 Å². The van der Waals surface area contributed by atoms with Gasteiger partial charge in [0, 0.05) is 23.6 Å². The fourth-order valence-corrected chi connectivity index (χ4v) is 4.00. The molecule has 0 aliphatic heterocycles. The van der Waals surface area contributed by atoms with Gasteiger partial charge in [-0.1, -0.05) is 48.0 Å². The van der Waals surface area contributed by atoms with Gasteiger partial charge in [0.05, 0.1) is 16.9 Å². The Balaban J connectivity index is 1.50. The predicted molar refractivity (Wildman–Crippen MR) is 146 cm³/mol. The van der Waals surface area contributed by atoms with Crippen molar-refractivity contribution >= 4 is 57.9 Å². The lowest BCUT2D eigenvalue weighted by Gasteiger charge is -2.13. The van der Waals surface area contributed by atoms with Crippen molar-refractivity contribution in [2.24, 2.45) is 5.10 Å². The quantitative estimate of drug-likeness (QED) is 0.176. The van der Waals surface area contributed by atoms with Gasteiger partial charge in [-0.3, -0.25) is 9.59 Å². The molecule has 3 aromatic carbocycles. The van der Waals surface area contributed by atoms with Gasteiger partial charge in [-0.05, 0) is 70.5 Å². The van der Waals surface area contributed by atoms with Crippen LogP contribution in [0.5, 0.6) is 11.5 Å². The molecule has 0 spiro atoms. The van der Waals surface area contributed by atoms with E-state index in [1.54, 1.807) is 25.3 Å². The summed E-state index contributed by atoms with van der Waals surface area (Å²) in [7, 11) is 1.57. The maximum atomic E-state index is 12.1. The molecule has 2 amide bonds. The van der Waals surface area contributed by atoms with Crippen LogP contribution in [-0.4, -0.2) is 25.1 Å². The topological polar surface area (TPSA) is 89.0 Å². The maximum Gasteiger partial charge on any atom is 0.240 e. The molecule has 2 N–H and O–H groups in total. The predicted octanol–water partition coefficient (Wildman–Crippen LogP) is 5.71. The molecule has 35 heavy (non-hydrogen) atoms. The number of carbonyl (C=O) groups is 2. The lowest BCUT2D eigenvalue weighted by molar-refractivity contribution is -0.124. The summed E-state index contributed by atoms with van der Waals surface area (Å²) in [6.45, 7) is 2.30. The first kappa shape index (κ1) is 26.5. The minimum atomic E-state index is -0.372. The van der Waals surface area contributed by atoms with Gasteiger partial charge in [-0.15, -0.1) is 0 Å². The largest absolute Gasteiger partial charge is 0.493 e. The smallest absolute Gasteiger partial charge is 0.240 e. The number of amides is 2. The number of nitrogens with zero attached hydrogens (tertiary/aromatic N) is 1. The minimum absolute atomic E-state index is 0.00408. The van der Waals surface area contributed by atoms with E-state index in [0.29, 0.717) is 28.8 Å². The minimum Gasteiger partial charge on any atom is -0.493 e. The zero-order valence-corrected chi connectivity index (χ0v) is 22.2. The third-order valence-corrected chi connectivity index (χ3v) is 6.12. The van der Waals surface area contributed by atoms with Crippen LogP contribution < -0.4 is 20.2 Å². The van der Waals surface area contributed by atoms with Crippen LogP contribution in [0.1, 0.15) is 29.5 Å². The molecule has 0 heterocycles. The fourth-order valence-electron chi connectivity index (χ4n) is 3.04. The fraction of sp³-hybridized carbons (Fsp3) is 0.192. The third kappa shape index (κ3) is 8.25. The monoisotopic (exact) mass is 605 g/mol. The number of rotatable bonds is 10. The molecule has 7 nitrogen and oxygen atoms in total. The summed E-state index contributed by atoms with van der Waals surface area (Å²) in [6.07, 6.45) is 1.53. The summed E-state index contributed by atoms with van der Waals surface area (Å²) < 4.78 is 12.3. The van der Waals surface area contributed by atoms with E-state index in [4.69, 9.17) is 21.1 Å². The number of anilines is 1. The molecule has 0 fully saturated rings. The highest BCUT2D eigenvalue weighted by Crippen LogP contribution is 2.34. The van der Waals surface area contributed by atoms with E-state index in [9.17, 15) is 9.59 Å².